The number of nitrogens with zero attached hydrogens (tertiary/aromatic N) is 4. The van der Waals surface area contributed by atoms with E-state index in [4.69, 9.17) is 9.47 Å². The van der Waals surface area contributed by atoms with Crippen molar-refractivity contribution in [3.05, 3.63) is 87.5 Å². The van der Waals surface area contributed by atoms with E-state index in [-0.39, 0.29) is 17.7 Å². The molecule has 43 heavy (non-hydrogen) atoms. The third-order valence-corrected chi connectivity index (χ3v) is 8.43. The number of aryl methyl sites for hydroxylation is 1. The van der Waals surface area contributed by atoms with Crippen molar-refractivity contribution in [2.75, 3.05) is 7.11 Å². The van der Waals surface area contributed by atoms with Crippen molar-refractivity contribution in [2.24, 2.45) is 0 Å². The van der Waals surface area contributed by atoms with Crippen molar-refractivity contribution in [3.8, 4) is 22.9 Å². The molecule has 0 radical (unpaired) electrons. The summed E-state index contributed by atoms with van der Waals surface area (Å²) in [6.45, 7) is 3.91. The van der Waals surface area contributed by atoms with Gasteiger partial charge in [0.1, 0.15) is 11.4 Å². The summed E-state index contributed by atoms with van der Waals surface area (Å²) in [6.07, 6.45) is 6.03. The molecule has 1 saturated carbocycles. The topological polar surface area (TPSA) is 119 Å². The molecule has 0 amide bonds. The van der Waals surface area contributed by atoms with Crippen LogP contribution >= 0.6 is 0 Å². The number of carboxylic acids is 1. The number of carbonyl (C=O) groups is 1. The van der Waals surface area contributed by atoms with Crippen LogP contribution in [0.4, 0.5) is 0 Å². The molecule has 2 heterocycles. The Morgan fingerprint density at radius 2 is 1.88 bits per heavy atom. The number of fused-ring (bicyclic) bond motifs is 1. The van der Waals surface area contributed by atoms with Crippen molar-refractivity contribution in [3.63, 3.8) is 0 Å². The molecule has 1 unspecified atom stereocenters. The second-order valence-corrected chi connectivity index (χ2v) is 11.1. The first-order valence-electron chi connectivity index (χ1n) is 15.0. The lowest BCUT2D eigenvalue weighted by molar-refractivity contribution is -0.156. The molecule has 1 aliphatic rings. The van der Waals surface area contributed by atoms with Gasteiger partial charge in [0.2, 0.25) is 0 Å². The Balaban J connectivity index is 1.50. The van der Waals surface area contributed by atoms with E-state index < -0.39 is 12.1 Å². The maximum atomic E-state index is 14.3. The predicted octanol–water partition coefficient (Wildman–Crippen LogP) is 5.95. The summed E-state index contributed by atoms with van der Waals surface area (Å²) in [4.78, 5) is 25.8. The molecule has 2 aromatic heterocycles. The molecule has 0 bridgehead atoms. The summed E-state index contributed by atoms with van der Waals surface area (Å²) in [7, 11) is 1.61. The minimum absolute atomic E-state index is 0.0179. The summed E-state index contributed by atoms with van der Waals surface area (Å²) in [5.41, 5.74) is 5.50. The quantitative estimate of drug-likeness (QED) is 0.232. The molecule has 4 aromatic rings. The third-order valence-electron chi connectivity index (χ3n) is 8.43. The molecule has 0 spiro atoms. The Bertz CT molecular complexity index is 1710. The van der Waals surface area contributed by atoms with Gasteiger partial charge in [0.15, 0.2) is 6.10 Å². The first-order valence-corrected chi connectivity index (χ1v) is 15.0. The minimum atomic E-state index is -0.933. The fourth-order valence-electron chi connectivity index (χ4n) is 6.30. The molecule has 1 atom stereocenters. The van der Waals surface area contributed by atoms with Gasteiger partial charge in [-0.3, -0.25) is 9.36 Å². The van der Waals surface area contributed by atoms with E-state index in [1.807, 2.05) is 58.5 Å². The van der Waals surface area contributed by atoms with E-state index in [0.717, 1.165) is 47.3 Å². The lowest BCUT2D eigenvalue weighted by Gasteiger charge is -2.32. The zero-order chi connectivity index (χ0) is 30.5. The van der Waals surface area contributed by atoms with Gasteiger partial charge in [-0.2, -0.15) is 10.4 Å². The SMILES string of the molecule is CCCc1c(Cc2ccc(-c3ccccc3C#N)c(OC)c2)c(=O)n([C@H]2CC[C@H](OC(CC)C(=O)O)CC2)c2ccnn12. The van der Waals surface area contributed by atoms with Crippen LogP contribution in [0.1, 0.15) is 80.8 Å². The van der Waals surface area contributed by atoms with Gasteiger partial charge in [-0.15, -0.1) is 0 Å². The summed E-state index contributed by atoms with van der Waals surface area (Å²) in [5.74, 6) is -0.292. The van der Waals surface area contributed by atoms with Gasteiger partial charge < -0.3 is 14.6 Å². The number of methoxy groups -OCH3 is 1. The lowest BCUT2D eigenvalue weighted by atomic mass is 9.92. The fraction of sp³-hybridized carbons (Fsp3) is 0.412. The highest BCUT2D eigenvalue weighted by atomic mass is 16.5. The maximum Gasteiger partial charge on any atom is 0.332 e. The molecular weight excluding hydrogens is 544 g/mol. The summed E-state index contributed by atoms with van der Waals surface area (Å²) < 4.78 is 15.5. The standard InChI is InChI=1S/C34H38N4O5/c1-4-8-29-28(19-22-11-16-27(31(20-22)42-3)26-10-7-6-9-23(26)21-35)33(39)37(32-17-18-36-38(29)32)24-12-14-25(15-13-24)43-30(5-2)34(40)41/h6-7,9-11,16-18,20,24-25,30H,4-5,8,12-15,19H2,1-3H3,(H,40,41)/t24-,25-,30?. The van der Waals surface area contributed by atoms with Crippen molar-refractivity contribution < 1.29 is 19.4 Å². The number of benzene rings is 2. The number of aliphatic carboxylic acids is 1. The first-order chi connectivity index (χ1) is 20.9. The highest BCUT2D eigenvalue weighted by Gasteiger charge is 2.30. The molecule has 1 N–H and O–H groups in total. The Hall–Kier alpha value is -4.42. The number of hydrogen-bond acceptors (Lipinski definition) is 6. The van der Waals surface area contributed by atoms with Crippen LogP contribution in [0.15, 0.2) is 59.5 Å². The number of aromatic nitrogens is 3. The van der Waals surface area contributed by atoms with Gasteiger partial charge in [-0.1, -0.05) is 50.6 Å². The van der Waals surface area contributed by atoms with E-state index in [9.17, 15) is 20.0 Å². The molecule has 5 rings (SSSR count). The Labute approximate surface area is 251 Å². The largest absolute Gasteiger partial charge is 0.496 e. The Morgan fingerprint density at radius 3 is 2.56 bits per heavy atom. The molecule has 0 saturated heterocycles. The number of ether oxygens (including phenoxy) is 2. The predicted molar refractivity (Wildman–Crippen MR) is 163 cm³/mol. The average Bonchev–Trinajstić information content (AvgIpc) is 3.51. The second kappa shape index (κ2) is 13.3. The normalized spacial score (nSPS) is 17.4. The summed E-state index contributed by atoms with van der Waals surface area (Å²) >= 11 is 0. The van der Waals surface area contributed by atoms with Crippen LogP contribution < -0.4 is 10.3 Å². The molecule has 2 aromatic carbocycles. The van der Waals surface area contributed by atoms with Gasteiger partial charge in [-0.05, 0) is 56.2 Å². The van der Waals surface area contributed by atoms with Crippen molar-refractivity contribution in [1.29, 1.82) is 5.26 Å². The molecule has 1 fully saturated rings. The molecule has 9 heteroatoms. The van der Waals surface area contributed by atoms with Crippen LogP contribution in [-0.4, -0.2) is 44.6 Å². The van der Waals surface area contributed by atoms with Crippen molar-refractivity contribution >= 4 is 11.6 Å². The van der Waals surface area contributed by atoms with Crippen molar-refractivity contribution in [1.82, 2.24) is 14.2 Å². The van der Waals surface area contributed by atoms with E-state index in [2.05, 4.69) is 18.1 Å². The molecule has 9 nitrogen and oxygen atoms in total. The Kier molecular flexibility index (Phi) is 9.27. The zero-order valence-electron chi connectivity index (χ0n) is 25.0. The second-order valence-electron chi connectivity index (χ2n) is 11.1. The molecule has 1 aliphatic carbocycles. The van der Waals surface area contributed by atoms with E-state index in [1.54, 1.807) is 19.4 Å². The molecular formula is C34H38N4O5. The number of nitriles is 1. The van der Waals surface area contributed by atoms with Gasteiger partial charge in [0.05, 0.1) is 36.7 Å². The van der Waals surface area contributed by atoms with Crippen LogP contribution in [0, 0.1) is 11.3 Å². The van der Waals surface area contributed by atoms with Crippen LogP contribution in [0.3, 0.4) is 0 Å². The smallest absolute Gasteiger partial charge is 0.332 e. The number of hydrogen-bond donors (Lipinski definition) is 1. The molecule has 0 aliphatic heterocycles. The highest BCUT2D eigenvalue weighted by molar-refractivity contribution is 5.76. The van der Waals surface area contributed by atoms with Crippen molar-refractivity contribution in [2.45, 2.75) is 83.5 Å². The monoisotopic (exact) mass is 582 g/mol. The van der Waals surface area contributed by atoms with Crippen LogP contribution in [0.25, 0.3) is 16.8 Å². The summed E-state index contributed by atoms with van der Waals surface area (Å²) in [6, 6.07) is 17.4. The van der Waals surface area contributed by atoms with E-state index in [1.165, 1.54) is 0 Å². The number of carboxylic acid groups (broad SMARTS) is 1. The Morgan fingerprint density at radius 1 is 1.12 bits per heavy atom. The van der Waals surface area contributed by atoms with Gasteiger partial charge in [0.25, 0.3) is 5.56 Å². The van der Waals surface area contributed by atoms with Crippen LogP contribution in [-0.2, 0) is 22.4 Å². The lowest BCUT2D eigenvalue weighted by Crippen LogP contribution is -2.36. The van der Waals surface area contributed by atoms with Gasteiger partial charge >= 0.3 is 5.97 Å². The highest BCUT2D eigenvalue weighted by Crippen LogP contribution is 2.35. The fourth-order valence-corrected chi connectivity index (χ4v) is 6.30. The maximum absolute atomic E-state index is 14.3. The minimum Gasteiger partial charge on any atom is -0.496 e. The van der Waals surface area contributed by atoms with E-state index >= 15 is 0 Å². The first kappa shape index (κ1) is 30.1. The van der Waals surface area contributed by atoms with Gasteiger partial charge in [-0.25, -0.2) is 9.31 Å². The molecule has 224 valence electrons. The van der Waals surface area contributed by atoms with Crippen LogP contribution in [0.5, 0.6) is 5.75 Å². The number of rotatable bonds is 11. The van der Waals surface area contributed by atoms with Crippen LogP contribution in [0.2, 0.25) is 0 Å². The third kappa shape index (κ3) is 6.06. The van der Waals surface area contributed by atoms with Gasteiger partial charge in [0, 0.05) is 35.2 Å². The van der Waals surface area contributed by atoms with E-state index in [0.29, 0.717) is 49.0 Å². The average molecular weight is 583 g/mol. The summed E-state index contributed by atoms with van der Waals surface area (Å²) in [5, 5.41) is 23.7. The zero-order valence-corrected chi connectivity index (χ0v) is 25.0.